The van der Waals surface area contributed by atoms with Crippen molar-refractivity contribution in [3.63, 3.8) is 0 Å². The Bertz CT molecular complexity index is 1410. The Morgan fingerprint density at radius 1 is 1.05 bits per heavy atom. The number of thiophene rings is 1. The van der Waals surface area contributed by atoms with Crippen molar-refractivity contribution in [1.82, 2.24) is 20.2 Å². The molecule has 1 atom stereocenters. The van der Waals surface area contributed by atoms with Crippen LogP contribution in [-0.4, -0.2) is 79.4 Å². The number of aryl methyl sites for hydroxylation is 1. The van der Waals surface area contributed by atoms with Crippen LogP contribution in [0.15, 0.2) is 60.7 Å². The molecule has 0 saturated carbocycles. The Morgan fingerprint density at radius 3 is 2.54 bits per heavy atom. The van der Waals surface area contributed by atoms with E-state index in [0.717, 1.165) is 46.7 Å². The lowest BCUT2D eigenvalue weighted by Gasteiger charge is -2.35. The third-order valence-corrected chi connectivity index (χ3v) is 8.43. The zero-order valence-electron chi connectivity index (χ0n) is 22.1. The maximum absolute atomic E-state index is 13.3. The van der Waals surface area contributed by atoms with Gasteiger partial charge in [0.15, 0.2) is 0 Å². The van der Waals surface area contributed by atoms with E-state index in [-0.39, 0.29) is 12.0 Å². The quantitative estimate of drug-likeness (QED) is 0.373. The van der Waals surface area contributed by atoms with Gasteiger partial charge in [-0.25, -0.2) is 0 Å². The molecule has 2 saturated heterocycles. The molecule has 2 aromatic carbocycles. The minimum absolute atomic E-state index is 0.00708. The second kappa shape index (κ2) is 11.7. The molecule has 6 rings (SSSR count). The molecule has 1 unspecified atom stereocenters. The summed E-state index contributed by atoms with van der Waals surface area (Å²) < 4.78 is 11.8. The summed E-state index contributed by atoms with van der Waals surface area (Å²) >= 11 is 1.69. The number of nitrogens with one attached hydrogen (secondary N) is 1. The van der Waals surface area contributed by atoms with Gasteiger partial charge in [-0.15, -0.1) is 11.3 Å². The van der Waals surface area contributed by atoms with Crippen LogP contribution in [0.3, 0.4) is 0 Å². The molecule has 2 aliphatic rings. The van der Waals surface area contributed by atoms with Crippen molar-refractivity contribution in [2.75, 3.05) is 57.4 Å². The summed E-state index contributed by atoms with van der Waals surface area (Å²) in [6.45, 7) is 7.54. The highest BCUT2D eigenvalue weighted by molar-refractivity contribution is 7.18. The number of morpholine rings is 1. The lowest BCUT2D eigenvalue weighted by molar-refractivity contribution is -0.00168. The molecule has 0 bridgehead atoms. The normalized spacial score (nSPS) is 17.9. The van der Waals surface area contributed by atoms with Crippen molar-refractivity contribution < 1.29 is 14.3 Å². The molecule has 0 spiro atoms. The Balaban J connectivity index is 1.15. The summed E-state index contributed by atoms with van der Waals surface area (Å²) in [4.78, 5) is 29.2. The molecule has 2 aliphatic heterocycles. The minimum Gasteiger partial charge on any atom is -0.461 e. The molecule has 2 aromatic heterocycles. The fourth-order valence-corrected chi connectivity index (χ4v) is 6.00. The van der Waals surface area contributed by atoms with Crippen LogP contribution < -0.4 is 15.0 Å². The number of benzene rings is 2. The Labute approximate surface area is 232 Å². The van der Waals surface area contributed by atoms with E-state index in [4.69, 9.17) is 19.4 Å². The van der Waals surface area contributed by atoms with Gasteiger partial charge in [0, 0.05) is 49.7 Å². The SMILES string of the molecule is CCc1cc2c(N3CCN(C(=O)c4ccc(-c5ccccc5)cc4)CC3)nc(OCC3CNCCO3)nc2s1. The molecule has 1 N–H and O–H groups in total. The number of anilines is 1. The highest BCUT2D eigenvalue weighted by atomic mass is 32.1. The predicted octanol–water partition coefficient (Wildman–Crippen LogP) is 4.25. The summed E-state index contributed by atoms with van der Waals surface area (Å²) in [5.41, 5.74) is 2.97. The van der Waals surface area contributed by atoms with Crippen molar-refractivity contribution in [3.05, 3.63) is 71.1 Å². The number of amides is 1. The van der Waals surface area contributed by atoms with Crippen LogP contribution in [0.1, 0.15) is 22.2 Å². The monoisotopic (exact) mass is 543 g/mol. The van der Waals surface area contributed by atoms with Crippen molar-refractivity contribution in [1.29, 1.82) is 0 Å². The molecule has 4 aromatic rings. The fraction of sp³-hybridized carbons (Fsp3) is 0.367. The first-order valence-corrected chi connectivity index (χ1v) is 14.4. The molecule has 202 valence electrons. The van der Waals surface area contributed by atoms with Gasteiger partial charge in [0.1, 0.15) is 23.4 Å². The first-order valence-electron chi connectivity index (χ1n) is 13.6. The molecular weight excluding hydrogens is 510 g/mol. The number of piperazine rings is 1. The summed E-state index contributed by atoms with van der Waals surface area (Å²) in [5.74, 6) is 0.948. The van der Waals surface area contributed by atoms with Gasteiger partial charge in [-0.3, -0.25) is 4.79 Å². The third-order valence-electron chi connectivity index (χ3n) is 7.26. The maximum atomic E-state index is 13.3. The molecule has 0 radical (unpaired) electrons. The molecule has 8 nitrogen and oxygen atoms in total. The second-order valence-corrected chi connectivity index (χ2v) is 11.0. The fourth-order valence-electron chi connectivity index (χ4n) is 5.05. The van der Waals surface area contributed by atoms with Gasteiger partial charge in [0.05, 0.1) is 12.0 Å². The summed E-state index contributed by atoms with van der Waals surface area (Å²) in [6, 6.07) is 20.7. The number of hydrogen-bond donors (Lipinski definition) is 1. The molecular formula is C30H33N5O3S. The number of nitrogens with zero attached hydrogens (tertiary/aromatic N) is 4. The van der Waals surface area contributed by atoms with Crippen molar-refractivity contribution in [2.24, 2.45) is 0 Å². The van der Waals surface area contributed by atoms with Gasteiger partial charge in [-0.05, 0) is 35.7 Å². The number of hydrogen-bond acceptors (Lipinski definition) is 8. The number of fused-ring (bicyclic) bond motifs is 1. The molecule has 39 heavy (non-hydrogen) atoms. The van der Waals surface area contributed by atoms with E-state index in [1.807, 2.05) is 47.4 Å². The Hall–Kier alpha value is -3.53. The molecule has 0 aliphatic carbocycles. The van der Waals surface area contributed by atoms with Gasteiger partial charge < -0.3 is 24.6 Å². The lowest BCUT2D eigenvalue weighted by Crippen LogP contribution is -2.49. The zero-order chi connectivity index (χ0) is 26.6. The van der Waals surface area contributed by atoms with Crippen LogP contribution >= 0.6 is 11.3 Å². The minimum atomic E-state index is -0.00708. The van der Waals surface area contributed by atoms with E-state index >= 15 is 0 Å². The van der Waals surface area contributed by atoms with Crippen molar-refractivity contribution >= 4 is 33.3 Å². The van der Waals surface area contributed by atoms with E-state index in [1.165, 1.54) is 4.88 Å². The van der Waals surface area contributed by atoms with Gasteiger partial charge in [-0.1, -0.05) is 49.4 Å². The van der Waals surface area contributed by atoms with Gasteiger partial charge in [0.2, 0.25) is 0 Å². The lowest BCUT2D eigenvalue weighted by atomic mass is 10.0. The van der Waals surface area contributed by atoms with E-state index in [1.54, 1.807) is 11.3 Å². The first kappa shape index (κ1) is 25.7. The van der Waals surface area contributed by atoms with Crippen LogP contribution in [0.4, 0.5) is 5.82 Å². The standard InChI is InChI=1S/C30H33N5O3S/c1-2-25-18-26-27(32-30(33-28(26)39-25)38-20-24-19-31-12-17-37-24)34-13-15-35(16-14-34)29(36)23-10-8-22(9-11-23)21-6-4-3-5-7-21/h3-11,18,24,31H,2,12-17,19-20H2,1H3. The maximum Gasteiger partial charge on any atom is 0.319 e. The van der Waals surface area contributed by atoms with Gasteiger partial charge in [0.25, 0.3) is 5.91 Å². The average molecular weight is 544 g/mol. The molecule has 9 heteroatoms. The van der Waals surface area contributed by atoms with Gasteiger partial charge >= 0.3 is 6.01 Å². The summed E-state index contributed by atoms with van der Waals surface area (Å²) in [5, 5.41) is 4.38. The molecule has 2 fully saturated rings. The highest BCUT2D eigenvalue weighted by Crippen LogP contribution is 2.33. The number of carbonyl (C=O) groups is 1. The van der Waals surface area contributed by atoms with E-state index in [0.29, 0.717) is 51.0 Å². The van der Waals surface area contributed by atoms with Crippen LogP contribution in [0.25, 0.3) is 21.3 Å². The van der Waals surface area contributed by atoms with Crippen molar-refractivity contribution in [2.45, 2.75) is 19.4 Å². The van der Waals surface area contributed by atoms with Crippen LogP contribution in [0.2, 0.25) is 0 Å². The van der Waals surface area contributed by atoms with Gasteiger partial charge in [-0.2, -0.15) is 9.97 Å². The van der Waals surface area contributed by atoms with Crippen LogP contribution in [0.5, 0.6) is 6.01 Å². The third kappa shape index (κ3) is 5.75. The Kier molecular flexibility index (Phi) is 7.71. The molecule has 4 heterocycles. The number of aromatic nitrogens is 2. The van der Waals surface area contributed by atoms with Crippen LogP contribution in [0, 0.1) is 0 Å². The van der Waals surface area contributed by atoms with Crippen LogP contribution in [-0.2, 0) is 11.2 Å². The van der Waals surface area contributed by atoms with E-state index in [9.17, 15) is 4.79 Å². The summed E-state index contributed by atoms with van der Waals surface area (Å²) in [7, 11) is 0. The largest absolute Gasteiger partial charge is 0.461 e. The first-order chi connectivity index (χ1) is 19.2. The Morgan fingerprint density at radius 2 is 1.82 bits per heavy atom. The number of carbonyl (C=O) groups excluding carboxylic acids is 1. The average Bonchev–Trinajstić information content (AvgIpc) is 3.44. The number of rotatable bonds is 7. The summed E-state index contributed by atoms with van der Waals surface area (Å²) in [6.07, 6.45) is 0.941. The second-order valence-electron chi connectivity index (χ2n) is 9.85. The number of ether oxygens (including phenoxy) is 2. The molecule has 1 amide bonds. The smallest absolute Gasteiger partial charge is 0.319 e. The van der Waals surface area contributed by atoms with E-state index < -0.39 is 0 Å². The predicted molar refractivity (Wildman–Crippen MR) is 155 cm³/mol. The van der Waals surface area contributed by atoms with Crippen molar-refractivity contribution in [3.8, 4) is 17.1 Å². The van der Waals surface area contributed by atoms with E-state index in [2.05, 4.69) is 35.3 Å². The topological polar surface area (TPSA) is 79.8 Å². The highest BCUT2D eigenvalue weighted by Gasteiger charge is 2.26. The zero-order valence-corrected chi connectivity index (χ0v) is 23.0.